The zero-order valence-corrected chi connectivity index (χ0v) is 12.9. The zero-order chi connectivity index (χ0) is 14.0. The largest absolute Gasteiger partial charge is 0.345 e. The highest BCUT2D eigenvalue weighted by Gasteiger charge is 2.11. The van der Waals surface area contributed by atoms with Crippen LogP contribution < -0.4 is 5.32 Å². The second-order valence-electron chi connectivity index (χ2n) is 4.09. The molecule has 0 saturated carbocycles. The van der Waals surface area contributed by atoms with Crippen LogP contribution in [-0.2, 0) is 17.8 Å². The summed E-state index contributed by atoms with van der Waals surface area (Å²) in [4.78, 5) is 12.8. The highest BCUT2D eigenvalue weighted by molar-refractivity contribution is 9.10. The molecule has 6 heteroatoms. The maximum absolute atomic E-state index is 12.1. The maximum Gasteiger partial charge on any atom is 0.272 e. The number of carbonyl (C=O) groups excluding carboxylic acids is 1. The van der Waals surface area contributed by atoms with E-state index in [0.29, 0.717) is 16.3 Å². The number of rotatable bonds is 3. The lowest BCUT2D eigenvalue weighted by atomic mass is 10.3. The van der Waals surface area contributed by atoms with Gasteiger partial charge >= 0.3 is 0 Å². The summed E-state index contributed by atoms with van der Waals surface area (Å²) in [6, 6.07) is 8.77. The van der Waals surface area contributed by atoms with Crippen molar-refractivity contribution < 1.29 is 9.00 Å². The molecule has 1 heterocycles. The van der Waals surface area contributed by atoms with Gasteiger partial charge in [0.15, 0.2) is 0 Å². The van der Waals surface area contributed by atoms with Gasteiger partial charge in [0.05, 0.1) is 0 Å². The maximum atomic E-state index is 12.1. The van der Waals surface area contributed by atoms with Crippen molar-refractivity contribution in [2.45, 2.75) is 4.90 Å². The minimum Gasteiger partial charge on any atom is -0.345 e. The topological polar surface area (TPSA) is 51.1 Å². The van der Waals surface area contributed by atoms with Crippen LogP contribution in [0.15, 0.2) is 45.9 Å². The van der Waals surface area contributed by atoms with Crippen LogP contribution in [0, 0.1) is 0 Å². The summed E-state index contributed by atoms with van der Waals surface area (Å²) in [5.41, 5.74) is 1.19. The van der Waals surface area contributed by atoms with Crippen molar-refractivity contribution in [1.29, 1.82) is 0 Å². The van der Waals surface area contributed by atoms with E-state index >= 15 is 0 Å². The average molecular weight is 341 g/mol. The van der Waals surface area contributed by atoms with Gasteiger partial charge in [-0.2, -0.15) is 0 Å². The van der Waals surface area contributed by atoms with E-state index < -0.39 is 10.8 Å². The molecule has 1 aromatic carbocycles. The number of nitrogens with one attached hydrogen (secondary N) is 1. The molecule has 0 bridgehead atoms. The van der Waals surface area contributed by atoms with E-state index in [-0.39, 0.29) is 5.91 Å². The van der Waals surface area contributed by atoms with Gasteiger partial charge in [-0.15, -0.1) is 0 Å². The fourth-order valence-electron chi connectivity index (χ4n) is 1.70. The Labute approximate surface area is 122 Å². The third-order valence-corrected chi connectivity index (χ3v) is 3.98. The van der Waals surface area contributed by atoms with E-state index in [0.717, 1.165) is 4.47 Å². The number of benzene rings is 1. The van der Waals surface area contributed by atoms with Gasteiger partial charge in [-0.1, -0.05) is 6.07 Å². The van der Waals surface area contributed by atoms with Crippen LogP contribution in [0.2, 0.25) is 0 Å². The molecule has 4 nitrogen and oxygen atoms in total. The molecule has 1 amide bonds. The number of hydrogen-bond donors (Lipinski definition) is 1. The van der Waals surface area contributed by atoms with Crippen LogP contribution in [0.1, 0.15) is 10.5 Å². The molecule has 0 radical (unpaired) electrons. The molecule has 0 fully saturated rings. The Bertz CT molecular complexity index is 652. The highest BCUT2D eigenvalue weighted by atomic mass is 79.9. The van der Waals surface area contributed by atoms with E-state index in [1.807, 2.05) is 6.20 Å². The molecular weight excluding hydrogens is 328 g/mol. The average Bonchev–Trinajstić information content (AvgIpc) is 2.69. The summed E-state index contributed by atoms with van der Waals surface area (Å²) in [6.07, 6.45) is 3.42. The van der Waals surface area contributed by atoms with E-state index in [4.69, 9.17) is 0 Å². The first-order chi connectivity index (χ1) is 8.97. The summed E-state index contributed by atoms with van der Waals surface area (Å²) in [5.74, 6) is -0.202. The van der Waals surface area contributed by atoms with Crippen molar-refractivity contribution in [3.05, 3.63) is 46.7 Å². The van der Waals surface area contributed by atoms with Crippen LogP contribution in [0.3, 0.4) is 0 Å². The zero-order valence-electron chi connectivity index (χ0n) is 10.5. The Morgan fingerprint density at radius 3 is 2.68 bits per heavy atom. The molecule has 1 N–H and O–H groups in total. The Hall–Kier alpha value is -1.40. The van der Waals surface area contributed by atoms with Crippen molar-refractivity contribution >= 4 is 38.3 Å². The van der Waals surface area contributed by atoms with Crippen molar-refractivity contribution in [3.8, 4) is 0 Å². The summed E-state index contributed by atoms with van der Waals surface area (Å²) in [5, 5.41) is 2.79. The number of aromatic nitrogens is 1. The summed E-state index contributed by atoms with van der Waals surface area (Å²) in [6.45, 7) is 0. The Morgan fingerprint density at radius 2 is 2.11 bits per heavy atom. The minimum absolute atomic E-state index is 0.202. The number of amides is 1. The van der Waals surface area contributed by atoms with Crippen LogP contribution in [-0.4, -0.2) is 20.9 Å². The lowest BCUT2D eigenvalue weighted by Crippen LogP contribution is -2.15. The molecule has 0 aliphatic heterocycles. The Morgan fingerprint density at radius 1 is 1.37 bits per heavy atom. The van der Waals surface area contributed by atoms with Gasteiger partial charge in [0.2, 0.25) is 0 Å². The predicted octanol–water partition coefficient (Wildman–Crippen LogP) is 2.78. The van der Waals surface area contributed by atoms with E-state index in [1.54, 1.807) is 48.2 Å². The van der Waals surface area contributed by atoms with E-state index in [1.165, 1.54) is 0 Å². The predicted molar refractivity (Wildman–Crippen MR) is 79.8 cm³/mol. The lowest BCUT2D eigenvalue weighted by Gasteiger charge is -2.07. The first kappa shape index (κ1) is 14.0. The van der Waals surface area contributed by atoms with Crippen molar-refractivity contribution in [3.63, 3.8) is 0 Å². The number of nitrogens with zero attached hydrogens (tertiary/aromatic N) is 1. The van der Waals surface area contributed by atoms with Gasteiger partial charge < -0.3 is 9.88 Å². The monoisotopic (exact) mass is 340 g/mol. The molecule has 0 unspecified atom stereocenters. The fraction of sp³-hybridized carbons (Fsp3) is 0.154. The molecule has 2 rings (SSSR count). The van der Waals surface area contributed by atoms with Gasteiger partial charge in [-0.25, -0.2) is 0 Å². The second kappa shape index (κ2) is 5.71. The number of halogens is 1. The van der Waals surface area contributed by atoms with Crippen molar-refractivity contribution in [2.75, 3.05) is 11.6 Å². The smallest absolute Gasteiger partial charge is 0.272 e. The summed E-state index contributed by atoms with van der Waals surface area (Å²) in [7, 11) is 0.740. The summed E-state index contributed by atoms with van der Waals surface area (Å²) < 4.78 is 14.0. The summed E-state index contributed by atoms with van der Waals surface area (Å²) >= 11 is 3.33. The minimum atomic E-state index is -1.06. The normalized spacial score (nSPS) is 12.2. The van der Waals surface area contributed by atoms with Gasteiger partial charge in [-0.05, 0) is 40.2 Å². The molecule has 0 spiro atoms. The van der Waals surface area contributed by atoms with Crippen LogP contribution in [0.25, 0.3) is 0 Å². The number of anilines is 1. The third-order valence-electron chi connectivity index (χ3n) is 2.63. The SMILES string of the molecule is Cn1cc(Br)cc1C(=O)Nc1cccc([S@](C)=O)c1. The number of aryl methyl sites for hydroxylation is 1. The van der Waals surface area contributed by atoms with Crippen LogP contribution in [0.5, 0.6) is 0 Å². The molecule has 0 aliphatic carbocycles. The molecule has 2 aromatic rings. The van der Waals surface area contributed by atoms with Gasteiger partial charge in [0.1, 0.15) is 5.69 Å². The molecule has 0 saturated heterocycles. The highest BCUT2D eigenvalue weighted by Crippen LogP contribution is 2.17. The first-order valence-electron chi connectivity index (χ1n) is 5.54. The standard InChI is InChI=1S/C13H13BrN2O2S/c1-16-8-9(14)6-12(16)13(17)15-10-4-3-5-11(7-10)19(2)18/h3-8H,1-2H3,(H,15,17)/t19-/m0/s1. The Balaban J connectivity index is 2.21. The molecular formula is C13H13BrN2O2S. The van der Waals surface area contributed by atoms with Gasteiger partial charge in [0, 0.05) is 45.4 Å². The van der Waals surface area contributed by atoms with Gasteiger partial charge in [-0.3, -0.25) is 9.00 Å². The molecule has 1 atom stereocenters. The quantitative estimate of drug-likeness (QED) is 0.933. The molecule has 0 aliphatic rings. The van der Waals surface area contributed by atoms with Crippen LogP contribution in [0.4, 0.5) is 5.69 Å². The van der Waals surface area contributed by atoms with Gasteiger partial charge in [0.25, 0.3) is 5.91 Å². The molecule has 19 heavy (non-hydrogen) atoms. The Kier molecular flexibility index (Phi) is 4.21. The fourth-order valence-corrected chi connectivity index (χ4v) is 2.78. The number of carbonyl (C=O) groups is 1. The second-order valence-corrected chi connectivity index (χ2v) is 6.39. The van der Waals surface area contributed by atoms with Crippen LogP contribution >= 0.6 is 15.9 Å². The van der Waals surface area contributed by atoms with Crippen molar-refractivity contribution in [2.24, 2.45) is 7.05 Å². The lowest BCUT2D eigenvalue weighted by molar-refractivity contribution is 0.101. The molecule has 1 aromatic heterocycles. The number of hydrogen-bond acceptors (Lipinski definition) is 2. The first-order valence-corrected chi connectivity index (χ1v) is 7.89. The molecule has 100 valence electrons. The third kappa shape index (κ3) is 3.33. The van der Waals surface area contributed by atoms with E-state index in [9.17, 15) is 9.00 Å². The van der Waals surface area contributed by atoms with Crippen molar-refractivity contribution in [1.82, 2.24) is 4.57 Å². The van der Waals surface area contributed by atoms with E-state index in [2.05, 4.69) is 21.2 Å².